The second-order valence-corrected chi connectivity index (χ2v) is 7.29. The van der Waals surface area contributed by atoms with E-state index in [0.29, 0.717) is 21.2 Å². The van der Waals surface area contributed by atoms with Crippen LogP contribution in [-0.4, -0.2) is 40.2 Å². The molecule has 2 aromatic carbocycles. The number of carbonyl (C=O) groups excluding carboxylic acids is 1. The van der Waals surface area contributed by atoms with Crippen molar-refractivity contribution in [3.8, 4) is 5.75 Å². The van der Waals surface area contributed by atoms with Gasteiger partial charge < -0.3 is 9.84 Å². The highest BCUT2D eigenvalue weighted by Crippen LogP contribution is 2.41. The molecule has 2 aromatic rings. The van der Waals surface area contributed by atoms with E-state index in [1.165, 1.54) is 42.5 Å². The van der Waals surface area contributed by atoms with Gasteiger partial charge in [0, 0.05) is 10.0 Å². The maximum atomic E-state index is 13.6. The Kier molecular flexibility index (Phi) is 5.80. The number of hydrogen-bond donors (Lipinski definition) is 1. The first-order chi connectivity index (χ1) is 13.5. The molecule has 0 fully saturated rings. The van der Waals surface area contributed by atoms with Gasteiger partial charge in [-0.2, -0.15) is 23.3 Å². The topological polar surface area (TPSA) is 62.1 Å². The number of benzene rings is 2. The summed E-state index contributed by atoms with van der Waals surface area (Å²) in [4.78, 5) is 12.5. The second kappa shape index (κ2) is 7.85. The first-order valence-electron chi connectivity index (χ1n) is 8.36. The van der Waals surface area contributed by atoms with Crippen molar-refractivity contribution in [1.29, 1.82) is 0 Å². The van der Waals surface area contributed by atoms with Crippen LogP contribution in [0.4, 0.5) is 13.2 Å². The van der Waals surface area contributed by atoms with Crippen LogP contribution < -0.4 is 4.74 Å². The van der Waals surface area contributed by atoms with E-state index in [0.717, 1.165) is 0 Å². The number of carbonyl (C=O) groups is 1. The number of aliphatic hydroxyl groups is 1. The lowest BCUT2D eigenvalue weighted by Crippen LogP contribution is -2.57. The molecule has 0 spiro atoms. The van der Waals surface area contributed by atoms with Crippen molar-refractivity contribution in [2.45, 2.75) is 25.2 Å². The zero-order valence-electron chi connectivity index (χ0n) is 15.0. The fourth-order valence-corrected chi connectivity index (χ4v) is 2.99. The highest BCUT2D eigenvalue weighted by Gasteiger charge is 2.63. The van der Waals surface area contributed by atoms with Crippen LogP contribution >= 0.6 is 23.2 Å². The molecule has 1 aliphatic heterocycles. The SMILES string of the molecule is Cc1cc(OCC(=O)N2N=C(c3ccc(Cl)cc3)CC2(O)C(F)(F)F)ccc1Cl. The Morgan fingerprint density at radius 3 is 2.48 bits per heavy atom. The van der Waals surface area contributed by atoms with Crippen LogP contribution in [0.25, 0.3) is 0 Å². The number of alkyl halides is 3. The summed E-state index contributed by atoms with van der Waals surface area (Å²) in [5.41, 5.74) is -2.59. The molecular formula is C19H15Cl2F3N2O3. The van der Waals surface area contributed by atoms with Crippen LogP contribution in [0.1, 0.15) is 17.5 Å². The Bertz CT molecular complexity index is 964. The Balaban J connectivity index is 1.84. The Morgan fingerprint density at radius 2 is 1.90 bits per heavy atom. The summed E-state index contributed by atoms with van der Waals surface area (Å²) < 4.78 is 46.0. The van der Waals surface area contributed by atoms with Gasteiger partial charge in [0.1, 0.15) is 5.75 Å². The van der Waals surface area contributed by atoms with Gasteiger partial charge in [0.05, 0.1) is 12.1 Å². The molecule has 3 rings (SSSR count). The van der Waals surface area contributed by atoms with Crippen molar-refractivity contribution in [3.05, 3.63) is 63.6 Å². The normalized spacial score (nSPS) is 19.3. The molecule has 1 N–H and O–H groups in total. The minimum atomic E-state index is -5.13. The molecule has 0 saturated heterocycles. The van der Waals surface area contributed by atoms with Crippen LogP contribution in [-0.2, 0) is 4.79 Å². The number of aryl methyl sites for hydroxylation is 1. The van der Waals surface area contributed by atoms with Crippen molar-refractivity contribution in [2.75, 3.05) is 6.61 Å². The van der Waals surface area contributed by atoms with Crippen molar-refractivity contribution < 1.29 is 27.8 Å². The largest absolute Gasteiger partial charge is 0.484 e. The van der Waals surface area contributed by atoms with E-state index < -0.39 is 30.8 Å². The Hall–Kier alpha value is -2.29. The van der Waals surface area contributed by atoms with Crippen molar-refractivity contribution >= 4 is 34.8 Å². The summed E-state index contributed by atoms with van der Waals surface area (Å²) in [6, 6.07) is 10.4. The number of ether oxygens (including phenoxy) is 1. The highest BCUT2D eigenvalue weighted by molar-refractivity contribution is 6.31. The van der Waals surface area contributed by atoms with Gasteiger partial charge in [-0.05, 0) is 48.4 Å². The molecule has 5 nitrogen and oxygen atoms in total. The molecule has 0 aliphatic carbocycles. The fourth-order valence-electron chi connectivity index (χ4n) is 2.74. The number of halogens is 5. The first-order valence-corrected chi connectivity index (χ1v) is 9.11. The van der Waals surface area contributed by atoms with Crippen LogP contribution in [0.5, 0.6) is 5.75 Å². The molecule has 0 bridgehead atoms. The van der Waals surface area contributed by atoms with E-state index in [1.54, 1.807) is 6.92 Å². The standard InChI is InChI=1S/C19H15Cl2F3N2O3/c1-11-8-14(6-7-15(11)21)29-10-17(27)26-18(28,19(22,23)24)9-16(25-26)12-2-4-13(20)5-3-12/h2-8,28H,9-10H2,1H3. The van der Waals surface area contributed by atoms with E-state index in [-0.39, 0.29) is 16.5 Å². The molecular weight excluding hydrogens is 432 g/mol. The maximum absolute atomic E-state index is 13.6. The summed E-state index contributed by atoms with van der Waals surface area (Å²) in [6.45, 7) is 0.958. The lowest BCUT2D eigenvalue weighted by Gasteiger charge is -2.32. The summed E-state index contributed by atoms with van der Waals surface area (Å²) in [6.07, 6.45) is -6.04. The van der Waals surface area contributed by atoms with Crippen molar-refractivity contribution in [2.24, 2.45) is 5.10 Å². The molecule has 0 saturated carbocycles. The van der Waals surface area contributed by atoms with E-state index >= 15 is 0 Å². The van der Waals surface area contributed by atoms with Gasteiger partial charge in [0.25, 0.3) is 11.6 Å². The Labute approximate surface area is 174 Å². The molecule has 29 heavy (non-hydrogen) atoms. The van der Waals surface area contributed by atoms with Gasteiger partial charge >= 0.3 is 6.18 Å². The molecule has 1 atom stereocenters. The number of amides is 1. The van der Waals surface area contributed by atoms with E-state index in [4.69, 9.17) is 27.9 Å². The predicted molar refractivity (Wildman–Crippen MR) is 102 cm³/mol. The number of nitrogens with zero attached hydrogens (tertiary/aromatic N) is 2. The molecule has 10 heteroatoms. The van der Waals surface area contributed by atoms with Gasteiger partial charge in [-0.15, -0.1) is 0 Å². The van der Waals surface area contributed by atoms with Gasteiger partial charge in [0.15, 0.2) is 6.61 Å². The number of hydrazone groups is 1. The summed E-state index contributed by atoms with van der Waals surface area (Å²) >= 11 is 11.7. The fraction of sp³-hybridized carbons (Fsp3) is 0.263. The van der Waals surface area contributed by atoms with Gasteiger partial charge in [0.2, 0.25) is 0 Å². The molecule has 1 amide bonds. The lowest BCUT2D eigenvalue weighted by atomic mass is 10.0. The molecule has 0 radical (unpaired) electrons. The molecule has 1 heterocycles. The highest BCUT2D eigenvalue weighted by atomic mass is 35.5. The Morgan fingerprint density at radius 1 is 1.24 bits per heavy atom. The number of hydrogen-bond acceptors (Lipinski definition) is 4. The van der Waals surface area contributed by atoms with E-state index in [2.05, 4.69) is 5.10 Å². The smallest absolute Gasteiger partial charge is 0.438 e. The molecule has 154 valence electrons. The van der Waals surface area contributed by atoms with Gasteiger partial charge in [-0.1, -0.05) is 35.3 Å². The zero-order valence-corrected chi connectivity index (χ0v) is 16.5. The quantitative estimate of drug-likeness (QED) is 0.747. The maximum Gasteiger partial charge on any atom is 0.438 e. The van der Waals surface area contributed by atoms with Crippen LogP contribution in [0.2, 0.25) is 10.0 Å². The first kappa shape index (κ1) is 21.4. The zero-order chi connectivity index (χ0) is 21.4. The van der Waals surface area contributed by atoms with Crippen LogP contribution in [0.15, 0.2) is 47.6 Å². The third-order valence-corrected chi connectivity index (χ3v) is 5.02. The second-order valence-electron chi connectivity index (χ2n) is 6.45. The lowest BCUT2D eigenvalue weighted by molar-refractivity contribution is -0.302. The third kappa shape index (κ3) is 4.34. The summed E-state index contributed by atoms with van der Waals surface area (Å²) in [7, 11) is 0. The van der Waals surface area contributed by atoms with Gasteiger partial charge in [-0.3, -0.25) is 4.79 Å². The number of rotatable bonds is 4. The molecule has 1 aliphatic rings. The van der Waals surface area contributed by atoms with Crippen LogP contribution in [0.3, 0.4) is 0 Å². The van der Waals surface area contributed by atoms with E-state index in [1.807, 2.05) is 0 Å². The van der Waals surface area contributed by atoms with Crippen molar-refractivity contribution in [1.82, 2.24) is 5.01 Å². The van der Waals surface area contributed by atoms with Crippen molar-refractivity contribution in [3.63, 3.8) is 0 Å². The van der Waals surface area contributed by atoms with Crippen LogP contribution in [0, 0.1) is 6.92 Å². The van der Waals surface area contributed by atoms with E-state index in [9.17, 15) is 23.1 Å². The minimum Gasteiger partial charge on any atom is -0.484 e. The average molecular weight is 447 g/mol. The average Bonchev–Trinajstić information content (AvgIpc) is 3.02. The molecule has 0 aromatic heterocycles. The monoisotopic (exact) mass is 446 g/mol. The summed E-state index contributed by atoms with van der Waals surface area (Å²) in [5.74, 6) is -0.904. The van der Waals surface area contributed by atoms with Gasteiger partial charge in [-0.25, -0.2) is 0 Å². The minimum absolute atomic E-state index is 0.0275. The third-order valence-electron chi connectivity index (χ3n) is 4.34. The predicted octanol–water partition coefficient (Wildman–Crippen LogP) is 4.57. The summed E-state index contributed by atoms with van der Waals surface area (Å²) in [5, 5.41) is 14.9. The molecule has 1 unspecified atom stereocenters.